The van der Waals surface area contributed by atoms with Crippen molar-refractivity contribution in [1.29, 1.82) is 0 Å². The molecule has 0 amide bonds. The third-order valence-electron chi connectivity index (χ3n) is 3.09. The maximum atomic E-state index is 10.8. The molecule has 0 spiro atoms. The number of allylic oxidation sites excluding steroid dienone is 1. The van der Waals surface area contributed by atoms with Crippen molar-refractivity contribution in [3.63, 3.8) is 0 Å². The van der Waals surface area contributed by atoms with E-state index >= 15 is 0 Å². The van der Waals surface area contributed by atoms with E-state index in [2.05, 4.69) is 19.6 Å². The average molecular weight is 252 g/mol. The summed E-state index contributed by atoms with van der Waals surface area (Å²) >= 11 is 0. The van der Waals surface area contributed by atoms with Crippen LogP contribution in [0.2, 0.25) is 0 Å². The highest BCUT2D eigenvalue weighted by molar-refractivity contribution is 5.67. The van der Waals surface area contributed by atoms with Gasteiger partial charge in [0.25, 0.3) is 0 Å². The lowest BCUT2D eigenvalue weighted by Crippen LogP contribution is -2.21. The zero-order chi connectivity index (χ0) is 13.5. The topological polar surface area (TPSA) is 35.5 Å². The van der Waals surface area contributed by atoms with Gasteiger partial charge in [0.05, 0.1) is 12.2 Å². The highest BCUT2D eigenvalue weighted by Gasteiger charge is 2.16. The summed E-state index contributed by atoms with van der Waals surface area (Å²) in [5, 5.41) is 0. The van der Waals surface area contributed by atoms with Gasteiger partial charge in [-0.25, -0.2) is 0 Å². The van der Waals surface area contributed by atoms with Crippen LogP contribution in [0.15, 0.2) is 24.0 Å². The van der Waals surface area contributed by atoms with E-state index < -0.39 is 0 Å². The number of hydrogen-bond acceptors (Lipinski definition) is 3. The Balaban J connectivity index is 2.34. The van der Waals surface area contributed by atoms with Gasteiger partial charge in [0.1, 0.15) is 5.76 Å². The molecule has 0 heterocycles. The van der Waals surface area contributed by atoms with Crippen molar-refractivity contribution in [2.24, 2.45) is 0 Å². The highest BCUT2D eigenvalue weighted by atomic mass is 16.5. The molecule has 102 valence electrons. The molecule has 0 aromatic heterocycles. The molecule has 1 aliphatic carbocycles. The predicted molar refractivity (Wildman–Crippen MR) is 72.1 cm³/mol. The minimum atomic E-state index is -0.324. The Kier molecular flexibility index (Phi) is 6.13. The quantitative estimate of drug-likeness (QED) is 0.410. The van der Waals surface area contributed by atoms with E-state index in [-0.39, 0.29) is 18.2 Å². The Morgan fingerprint density at radius 1 is 1.44 bits per heavy atom. The molecule has 2 atom stereocenters. The molecule has 0 aromatic rings. The Hall–Kier alpha value is -1.09. The fourth-order valence-corrected chi connectivity index (χ4v) is 2.28. The standard InChI is InChI=1S/C15H24O3/c1-11(10-12(2)18-14(4)16)17-13(3)15-8-6-5-7-9-15/h8,11,13H,2,5-7,9-10H2,1,3-4H3/t11-,13-/m1/s1. The number of carbonyl (C=O) groups excluding carboxylic acids is 1. The maximum absolute atomic E-state index is 10.8. The van der Waals surface area contributed by atoms with Crippen molar-refractivity contribution in [1.82, 2.24) is 0 Å². The van der Waals surface area contributed by atoms with Crippen molar-refractivity contribution in [3.8, 4) is 0 Å². The first kappa shape index (κ1) is 15.0. The fraction of sp³-hybridized carbons (Fsp3) is 0.667. The molecule has 0 fully saturated rings. The van der Waals surface area contributed by atoms with E-state index in [1.807, 2.05) is 6.92 Å². The molecule has 1 aliphatic rings. The lowest BCUT2D eigenvalue weighted by atomic mass is 9.96. The van der Waals surface area contributed by atoms with Crippen molar-refractivity contribution in [2.75, 3.05) is 0 Å². The molecule has 0 aliphatic heterocycles. The molecule has 3 nitrogen and oxygen atoms in total. The van der Waals surface area contributed by atoms with Crippen LogP contribution < -0.4 is 0 Å². The number of ether oxygens (including phenoxy) is 2. The van der Waals surface area contributed by atoms with Gasteiger partial charge >= 0.3 is 5.97 Å². The van der Waals surface area contributed by atoms with Gasteiger partial charge in [0.2, 0.25) is 0 Å². The lowest BCUT2D eigenvalue weighted by Gasteiger charge is -2.24. The van der Waals surface area contributed by atoms with E-state index in [0.29, 0.717) is 12.2 Å². The molecule has 0 bridgehead atoms. The Morgan fingerprint density at radius 3 is 2.72 bits per heavy atom. The normalized spacial score (nSPS) is 18.7. The summed E-state index contributed by atoms with van der Waals surface area (Å²) in [6.07, 6.45) is 7.85. The summed E-state index contributed by atoms with van der Waals surface area (Å²) in [6.45, 7) is 9.16. The van der Waals surface area contributed by atoms with Crippen LogP contribution in [0.5, 0.6) is 0 Å². The SMILES string of the molecule is C=C(C[C@@H](C)O[C@H](C)C1=CCCCC1)OC(C)=O. The molecular weight excluding hydrogens is 228 g/mol. The van der Waals surface area contributed by atoms with Crippen molar-refractivity contribution >= 4 is 5.97 Å². The van der Waals surface area contributed by atoms with Crippen LogP contribution in [0, 0.1) is 0 Å². The molecule has 0 unspecified atom stereocenters. The second-order valence-electron chi connectivity index (χ2n) is 4.95. The molecule has 1 rings (SSSR count). The molecule has 0 saturated heterocycles. The first-order chi connectivity index (χ1) is 8.49. The van der Waals surface area contributed by atoms with Crippen LogP contribution in [-0.2, 0) is 14.3 Å². The second-order valence-corrected chi connectivity index (χ2v) is 4.95. The number of esters is 1. The zero-order valence-corrected chi connectivity index (χ0v) is 11.7. The number of carbonyl (C=O) groups is 1. The Labute approximate surface area is 110 Å². The second kappa shape index (κ2) is 7.37. The van der Waals surface area contributed by atoms with E-state index in [9.17, 15) is 4.79 Å². The summed E-state index contributed by atoms with van der Waals surface area (Å²) in [5.41, 5.74) is 1.39. The van der Waals surface area contributed by atoms with Gasteiger partial charge in [-0.1, -0.05) is 12.7 Å². The van der Waals surface area contributed by atoms with E-state index in [1.165, 1.54) is 25.3 Å². The van der Waals surface area contributed by atoms with Crippen molar-refractivity contribution < 1.29 is 14.3 Å². The maximum Gasteiger partial charge on any atom is 0.307 e. The van der Waals surface area contributed by atoms with Gasteiger partial charge < -0.3 is 9.47 Å². The van der Waals surface area contributed by atoms with Crippen LogP contribution in [-0.4, -0.2) is 18.2 Å². The van der Waals surface area contributed by atoms with Crippen LogP contribution in [0.3, 0.4) is 0 Å². The average Bonchev–Trinajstić information content (AvgIpc) is 2.28. The highest BCUT2D eigenvalue weighted by Crippen LogP contribution is 2.23. The van der Waals surface area contributed by atoms with Crippen molar-refractivity contribution in [3.05, 3.63) is 24.0 Å². The van der Waals surface area contributed by atoms with Gasteiger partial charge in [0.15, 0.2) is 0 Å². The smallest absolute Gasteiger partial charge is 0.307 e. The van der Waals surface area contributed by atoms with E-state index in [4.69, 9.17) is 9.47 Å². The van der Waals surface area contributed by atoms with E-state index in [0.717, 1.165) is 12.8 Å². The number of rotatable bonds is 6. The van der Waals surface area contributed by atoms with Crippen LogP contribution in [0.1, 0.15) is 52.9 Å². The number of hydrogen-bond donors (Lipinski definition) is 0. The molecule has 18 heavy (non-hydrogen) atoms. The molecule has 0 radical (unpaired) electrons. The van der Waals surface area contributed by atoms with Gasteiger partial charge in [-0.3, -0.25) is 4.79 Å². The first-order valence-corrected chi connectivity index (χ1v) is 6.69. The van der Waals surface area contributed by atoms with Gasteiger partial charge in [-0.2, -0.15) is 0 Å². The van der Waals surface area contributed by atoms with Crippen molar-refractivity contribution in [2.45, 2.75) is 65.1 Å². The minimum absolute atomic E-state index is 0.00896. The summed E-state index contributed by atoms with van der Waals surface area (Å²) in [6, 6.07) is 0. The summed E-state index contributed by atoms with van der Waals surface area (Å²) in [5.74, 6) is 0.148. The summed E-state index contributed by atoms with van der Waals surface area (Å²) in [4.78, 5) is 10.8. The monoisotopic (exact) mass is 252 g/mol. The largest absolute Gasteiger partial charge is 0.432 e. The van der Waals surface area contributed by atoms with Gasteiger partial charge in [-0.05, 0) is 45.1 Å². The molecule has 0 N–H and O–H groups in total. The fourth-order valence-electron chi connectivity index (χ4n) is 2.28. The third kappa shape index (κ3) is 5.50. The van der Waals surface area contributed by atoms with Crippen LogP contribution >= 0.6 is 0 Å². The zero-order valence-electron chi connectivity index (χ0n) is 11.7. The van der Waals surface area contributed by atoms with Gasteiger partial charge in [0, 0.05) is 13.3 Å². The van der Waals surface area contributed by atoms with E-state index in [1.54, 1.807) is 0 Å². The minimum Gasteiger partial charge on any atom is -0.432 e. The Bertz CT molecular complexity index is 331. The van der Waals surface area contributed by atoms with Gasteiger partial charge in [-0.15, -0.1) is 0 Å². The Morgan fingerprint density at radius 2 is 2.17 bits per heavy atom. The molecule has 0 saturated carbocycles. The molecule has 3 heteroatoms. The first-order valence-electron chi connectivity index (χ1n) is 6.69. The predicted octanol–water partition coefficient (Wildman–Crippen LogP) is 3.75. The third-order valence-corrected chi connectivity index (χ3v) is 3.09. The lowest BCUT2D eigenvalue weighted by molar-refractivity contribution is -0.137. The summed E-state index contributed by atoms with van der Waals surface area (Å²) < 4.78 is 10.8. The van der Waals surface area contributed by atoms with Crippen LogP contribution in [0.4, 0.5) is 0 Å². The van der Waals surface area contributed by atoms with Crippen LogP contribution in [0.25, 0.3) is 0 Å². The summed E-state index contributed by atoms with van der Waals surface area (Å²) in [7, 11) is 0. The molecule has 0 aromatic carbocycles. The molecular formula is C15H24O3.